The van der Waals surface area contributed by atoms with Gasteiger partial charge < -0.3 is 5.11 Å². The first kappa shape index (κ1) is 10.1. The second-order valence-electron chi connectivity index (χ2n) is 3.13. The van der Waals surface area contributed by atoms with Gasteiger partial charge in [-0.25, -0.2) is 4.98 Å². The Bertz CT molecular complexity index is 508. The third kappa shape index (κ3) is 2.01. The van der Waals surface area contributed by atoms with E-state index in [9.17, 15) is 0 Å². The van der Waals surface area contributed by atoms with Crippen molar-refractivity contribution < 1.29 is 5.11 Å². The third-order valence-corrected chi connectivity index (χ3v) is 2.48. The molecular formula is C12H10ClNO. The van der Waals surface area contributed by atoms with Crippen molar-refractivity contribution in [2.75, 3.05) is 6.61 Å². The minimum Gasteiger partial charge on any atom is -0.392 e. The van der Waals surface area contributed by atoms with E-state index in [1.807, 2.05) is 30.3 Å². The van der Waals surface area contributed by atoms with Crippen molar-refractivity contribution in [2.24, 2.45) is 0 Å². The molecule has 1 aromatic heterocycles. The zero-order valence-corrected chi connectivity index (χ0v) is 8.78. The molecule has 0 aliphatic rings. The van der Waals surface area contributed by atoms with Crippen molar-refractivity contribution in [3.8, 4) is 0 Å². The zero-order valence-electron chi connectivity index (χ0n) is 8.02. The summed E-state index contributed by atoms with van der Waals surface area (Å²) in [6, 6.07) is 7.80. The van der Waals surface area contributed by atoms with Gasteiger partial charge in [0.2, 0.25) is 0 Å². The summed E-state index contributed by atoms with van der Waals surface area (Å²) in [5.74, 6) is 0. The minimum absolute atomic E-state index is 0.0248. The van der Waals surface area contributed by atoms with Gasteiger partial charge in [0.1, 0.15) is 5.15 Å². The molecule has 15 heavy (non-hydrogen) atoms. The van der Waals surface area contributed by atoms with Gasteiger partial charge in [0, 0.05) is 17.1 Å². The van der Waals surface area contributed by atoms with Gasteiger partial charge >= 0.3 is 0 Å². The van der Waals surface area contributed by atoms with Gasteiger partial charge in [0.15, 0.2) is 0 Å². The Kier molecular flexibility index (Phi) is 2.99. The summed E-state index contributed by atoms with van der Waals surface area (Å²) in [6.07, 6.45) is 5.22. The highest BCUT2D eigenvalue weighted by molar-refractivity contribution is 6.34. The van der Waals surface area contributed by atoms with Crippen molar-refractivity contribution in [1.29, 1.82) is 0 Å². The highest BCUT2D eigenvalue weighted by Crippen LogP contribution is 2.24. The molecule has 0 spiro atoms. The fourth-order valence-corrected chi connectivity index (χ4v) is 1.71. The molecule has 0 fully saturated rings. The lowest BCUT2D eigenvalue weighted by Crippen LogP contribution is -1.84. The number of fused-ring (bicyclic) bond motifs is 1. The molecule has 0 saturated heterocycles. The molecule has 0 aliphatic heterocycles. The quantitative estimate of drug-likeness (QED) is 0.788. The number of halogens is 1. The van der Waals surface area contributed by atoms with Crippen LogP contribution in [0.5, 0.6) is 0 Å². The molecule has 3 heteroatoms. The Morgan fingerprint density at radius 1 is 1.27 bits per heavy atom. The van der Waals surface area contributed by atoms with Crippen LogP contribution in [-0.4, -0.2) is 16.7 Å². The Balaban J connectivity index is 2.66. The summed E-state index contributed by atoms with van der Waals surface area (Å²) in [7, 11) is 0. The number of rotatable bonds is 2. The zero-order chi connectivity index (χ0) is 10.7. The average molecular weight is 220 g/mol. The van der Waals surface area contributed by atoms with Crippen LogP contribution in [0.1, 0.15) is 5.56 Å². The smallest absolute Gasteiger partial charge is 0.136 e. The van der Waals surface area contributed by atoms with Crippen molar-refractivity contribution in [1.82, 2.24) is 4.98 Å². The number of aliphatic hydroxyl groups excluding tert-OH is 1. The largest absolute Gasteiger partial charge is 0.392 e. The van der Waals surface area contributed by atoms with Gasteiger partial charge in [-0.15, -0.1) is 0 Å². The molecule has 0 atom stereocenters. The SMILES string of the molecule is OCC=Cc1cnc(Cl)c2ccccc12. The van der Waals surface area contributed by atoms with E-state index in [1.54, 1.807) is 12.3 Å². The Morgan fingerprint density at radius 3 is 2.73 bits per heavy atom. The first-order valence-corrected chi connectivity index (χ1v) is 5.01. The van der Waals surface area contributed by atoms with Crippen molar-refractivity contribution >= 4 is 28.4 Å². The first-order valence-electron chi connectivity index (χ1n) is 4.63. The summed E-state index contributed by atoms with van der Waals surface area (Å²) in [4.78, 5) is 4.09. The van der Waals surface area contributed by atoms with Gasteiger partial charge in [0.05, 0.1) is 6.61 Å². The van der Waals surface area contributed by atoms with Gasteiger partial charge in [-0.2, -0.15) is 0 Å². The van der Waals surface area contributed by atoms with Gasteiger partial charge in [-0.05, 0) is 5.39 Å². The number of hydrogen-bond donors (Lipinski definition) is 1. The maximum atomic E-state index is 8.72. The number of aliphatic hydroxyl groups is 1. The highest BCUT2D eigenvalue weighted by Gasteiger charge is 2.02. The van der Waals surface area contributed by atoms with Crippen LogP contribution in [0.25, 0.3) is 16.8 Å². The first-order chi connectivity index (χ1) is 7.33. The Hall–Kier alpha value is -1.38. The van der Waals surface area contributed by atoms with Crippen molar-refractivity contribution in [2.45, 2.75) is 0 Å². The molecule has 1 N–H and O–H groups in total. The van der Waals surface area contributed by atoms with E-state index in [0.717, 1.165) is 16.3 Å². The van der Waals surface area contributed by atoms with Crippen LogP contribution >= 0.6 is 11.6 Å². The maximum Gasteiger partial charge on any atom is 0.136 e. The van der Waals surface area contributed by atoms with Crippen LogP contribution in [0.4, 0.5) is 0 Å². The molecule has 0 aliphatic carbocycles. The molecule has 2 aromatic rings. The number of nitrogens with zero attached hydrogens (tertiary/aromatic N) is 1. The average Bonchev–Trinajstić information content (AvgIpc) is 2.29. The Labute approximate surface area is 92.8 Å². The molecule has 2 rings (SSSR count). The highest BCUT2D eigenvalue weighted by atomic mass is 35.5. The number of benzene rings is 1. The topological polar surface area (TPSA) is 33.1 Å². The molecule has 0 unspecified atom stereocenters. The minimum atomic E-state index is 0.0248. The normalized spacial score (nSPS) is 11.3. The lowest BCUT2D eigenvalue weighted by Gasteiger charge is -2.02. The predicted octanol–water partition coefficient (Wildman–Crippen LogP) is 2.89. The van der Waals surface area contributed by atoms with Gasteiger partial charge in [-0.3, -0.25) is 0 Å². The number of aromatic nitrogens is 1. The summed E-state index contributed by atoms with van der Waals surface area (Å²) in [5, 5.41) is 11.2. The lowest BCUT2D eigenvalue weighted by atomic mass is 10.1. The monoisotopic (exact) mass is 219 g/mol. The molecule has 2 nitrogen and oxygen atoms in total. The van der Waals surface area contributed by atoms with Crippen molar-refractivity contribution in [3.05, 3.63) is 47.3 Å². The molecule has 0 amide bonds. The van der Waals surface area contributed by atoms with Crippen LogP contribution in [0.2, 0.25) is 5.15 Å². The van der Waals surface area contributed by atoms with E-state index in [4.69, 9.17) is 16.7 Å². The molecule has 1 aromatic carbocycles. The fraction of sp³-hybridized carbons (Fsp3) is 0.0833. The lowest BCUT2D eigenvalue weighted by molar-refractivity contribution is 0.343. The molecule has 0 saturated carbocycles. The molecule has 0 radical (unpaired) electrons. The molecule has 0 bridgehead atoms. The van der Waals surface area contributed by atoms with Gasteiger partial charge in [-0.1, -0.05) is 48.0 Å². The second-order valence-corrected chi connectivity index (χ2v) is 3.49. The summed E-state index contributed by atoms with van der Waals surface area (Å²) in [6.45, 7) is 0.0248. The van der Waals surface area contributed by atoms with E-state index in [0.29, 0.717) is 5.15 Å². The molecule has 76 valence electrons. The third-order valence-electron chi connectivity index (χ3n) is 2.18. The van der Waals surface area contributed by atoms with Crippen LogP contribution in [0, 0.1) is 0 Å². The maximum absolute atomic E-state index is 8.72. The predicted molar refractivity (Wildman–Crippen MR) is 62.9 cm³/mol. The molecular weight excluding hydrogens is 210 g/mol. The van der Waals surface area contributed by atoms with E-state index in [-0.39, 0.29) is 6.61 Å². The van der Waals surface area contributed by atoms with Crippen LogP contribution in [-0.2, 0) is 0 Å². The second kappa shape index (κ2) is 4.43. The van der Waals surface area contributed by atoms with Crippen LogP contribution in [0.15, 0.2) is 36.5 Å². The number of pyridine rings is 1. The van der Waals surface area contributed by atoms with E-state index >= 15 is 0 Å². The standard InChI is InChI=1S/C12H10ClNO/c13-12-11-6-2-1-5-10(11)9(8-14-12)4-3-7-15/h1-6,8,15H,7H2. The van der Waals surface area contributed by atoms with Crippen LogP contribution < -0.4 is 0 Å². The van der Waals surface area contributed by atoms with Crippen LogP contribution in [0.3, 0.4) is 0 Å². The summed E-state index contributed by atoms with van der Waals surface area (Å²) < 4.78 is 0. The number of hydrogen-bond acceptors (Lipinski definition) is 2. The van der Waals surface area contributed by atoms with E-state index < -0.39 is 0 Å². The van der Waals surface area contributed by atoms with Crippen molar-refractivity contribution in [3.63, 3.8) is 0 Å². The summed E-state index contributed by atoms with van der Waals surface area (Å²) in [5.41, 5.74) is 0.962. The van der Waals surface area contributed by atoms with E-state index in [1.165, 1.54) is 0 Å². The fourth-order valence-electron chi connectivity index (χ4n) is 1.49. The summed E-state index contributed by atoms with van der Waals surface area (Å²) >= 11 is 5.98. The molecule has 1 heterocycles. The van der Waals surface area contributed by atoms with E-state index in [2.05, 4.69) is 4.98 Å². The van der Waals surface area contributed by atoms with Gasteiger partial charge in [0.25, 0.3) is 0 Å². The Morgan fingerprint density at radius 2 is 2.00 bits per heavy atom.